The highest BCUT2D eigenvalue weighted by Crippen LogP contribution is 2.46. The quantitative estimate of drug-likeness (QED) is 0.179. The van der Waals surface area contributed by atoms with E-state index in [-0.39, 0.29) is 0 Å². The summed E-state index contributed by atoms with van der Waals surface area (Å²) >= 11 is 1.86. The van der Waals surface area contributed by atoms with Crippen molar-refractivity contribution in [3.63, 3.8) is 0 Å². The maximum atomic E-state index is 2.47. The zero-order chi connectivity index (χ0) is 33.0. The highest BCUT2D eigenvalue weighted by atomic mass is 32.1. The van der Waals surface area contributed by atoms with Gasteiger partial charge in [0.2, 0.25) is 0 Å². The molecule has 0 aliphatic rings. The van der Waals surface area contributed by atoms with Crippen molar-refractivity contribution in [2.75, 3.05) is 4.90 Å². The number of fused-ring (bicyclic) bond motifs is 6. The molecule has 0 spiro atoms. The first-order valence-corrected chi connectivity index (χ1v) is 17.9. The lowest BCUT2D eigenvalue weighted by Crippen LogP contribution is -2.10. The first-order valence-electron chi connectivity index (χ1n) is 17.1. The zero-order valence-electron chi connectivity index (χ0n) is 27.3. The Kier molecular flexibility index (Phi) is 6.75. The highest BCUT2D eigenvalue weighted by molar-refractivity contribution is 7.26. The second-order valence-corrected chi connectivity index (χ2v) is 14.1. The van der Waals surface area contributed by atoms with Crippen LogP contribution in [0.15, 0.2) is 188 Å². The van der Waals surface area contributed by atoms with Gasteiger partial charge in [-0.15, -0.1) is 11.3 Å². The van der Waals surface area contributed by atoms with Gasteiger partial charge in [-0.3, -0.25) is 0 Å². The molecule has 10 rings (SSSR count). The Labute approximate surface area is 294 Å². The van der Waals surface area contributed by atoms with Crippen molar-refractivity contribution in [2.24, 2.45) is 0 Å². The van der Waals surface area contributed by atoms with E-state index >= 15 is 0 Å². The lowest BCUT2D eigenvalue weighted by Gasteiger charge is -2.28. The standard InChI is InChI=1S/C48H31NS/c1-2-11-37-29-38(25-23-32(37)9-1)33-19-21-34(22-20-33)39-26-24-35-27-28-41(31-40(35)30-39)49(44-15-7-12-36-10-3-4-13-42(36)44)45-16-8-18-47-48(45)43-14-5-6-17-46(43)50-47/h1-31H. The molecular formula is C48H31NS. The van der Waals surface area contributed by atoms with E-state index in [1.165, 1.54) is 86.1 Å². The van der Waals surface area contributed by atoms with Gasteiger partial charge in [0.05, 0.1) is 11.4 Å². The van der Waals surface area contributed by atoms with Gasteiger partial charge in [0.1, 0.15) is 0 Å². The van der Waals surface area contributed by atoms with Crippen LogP contribution in [0, 0.1) is 0 Å². The molecule has 0 radical (unpaired) electrons. The molecule has 0 aliphatic carbocycles. The first kappa shape index (κ1) is 28.8. The fourth-order valence-corrected chi connectivity index (χ4v) is 8.66. The Hall–Kier alpha value is -6.22. The van der Waals surface area contributed by atoms with Gasteiger partial charge in [0.15, 0.2) is 0 Å². The molecule has 0 saturated heterocycles. The summed E-state index contributed by atoms with van der Waals surface area (Å²) in [7, 11) is 0. The summed E-state index contributed by atoms with van der Waals surface area (Å²) in [5.41, 5.74) is 8.38. The minimum atomic E-state index is 1.14. The molecule has 2 heteroatoms. The normalized spacial score (nSPS) is 11.6. The van der Waals surface area contributed by atoms with Crippen LogP contribution in [0.25, 0.3) is 74.7 Å². The molecule has 10 aromatic rings. The topological polar surface area (TPSA) is 3.24 Å². The van der Waals surface area contributed by atoms with E-state index in [1.807, 2.05) is 11.3 Å². The predicted molar refractivity (Wildman–Crippen MR) is 217 cm³/mol. The number of hydrogen-bond donors (Lipinski definition) is 0. The van der Waals surface area contributed by atoms with Crippen molar-refractivity contribution < 1.29 is 0 Å². The van der Waals surface area contributed by atoms with Crippen LogP contribution in [0.5, 0.6) is 0 Å². The zero-order valence-corrected chi connectivity index (χ0v) is 28.1. The number of benzene rings is 9. The molecule has 0 atom stereocenters. The smallest absolute Gasteiger partial charge is 0.0555 e. The van der Waals surface area contributed by atoms with Crippen LogP contribution in [0.4, 0.5) is 17.1 Å². The number of anilines is 3. The molecule has 0 amide bonds. The Morgan fingerprint density at radius 1 is 0.320 bits per heavy atom. The number of nitrogens with zero attached hydrogens (tertiary/aromatic N) is 1. The van der Waals surface area contributed by atoms with Gasteiger partial charge >= 0.3 is 0 Å². The van der Waals surface area contributed by atoms with Crippen LogP contribution in [0.2, 0.25) is 0 Å². The van der Waals surface area contributed by atoms with E-state index in [4.69, 9.17) is 0 Å². The largest absolute Gasteiger partial charge is 0.309 e. The van der Waals surface area contributed by atoms with Crippen LogP contribution in [0.1, 0.15) is 0 Å². The minimum Gasteiger partial charge on any atom is -0.309 e. The van der Waals surface area contributed by atoms with Crippen molar-refractivity contribution in [2.45, 2.75) is 0 Å². The van der Waals surface area contributed by atoms with Crippen molar-refractivity contribution in [3.05, 3.63) is 188 Å². The lowest BCUT2D eigenvalue weighted by atomic mass is 9.97. The lowest BCUT2D eigenvalue weighted by molar-refractivity contribution is 1.32. The van der Waals surface area contributed by atoms with E-state index < -0.39 is 0 Å². The predicted octanol–water partition coefficient (Wildman–Crippen LogP) is 14.3. The van der Waals surface area contributed by atoms with Crippen LogP contribution in [-0.2, 0) is 0 Å². The molecule has 0 N–H and O–H groups in total. The van der Waals surface area contributed by atoms with Crippen LogP contribution in [-0.4, -0.2) is 0 Å². The van der Waals surface area contributed by atoms with E-state index in [1.54, 1.807) is 0 Å². The summed E-state index contributed by atoms with van der Waals surface area (Å²) in [4.78, 5) is 2.47. The van der Waals surface area contributed by atoms with Crippen molar-refractivity contribution >= 4 is 80.9 Å². The Balaban J connectivity index is 1.11. The second kappa shape index (κ2) is 11.7. The van der Waals surface area contributed by atoms with Crippen LogP contribution < -0.4 is 4.90 Å². The van der Waals surface area contributed by atoms with Gasteiger partial charge in [-0.05, 0) is 97.7 Å². The summed E-state index contributed by atoms with van der Waals surface area (Å²) in [5, 5.41) is 10.0. The molecule has 1 aromatic heterocycles. The molecule has 0 unspecified atom stereocenters. The third-order valence-electron chi connectivity index (χ3n) is 10.0. The molecule has 0 aliphatic heterocycles. The maximum absolute atomic E-state index is 2.47. The van der Waals surface area contributed by atoms with Gasteiger partial charge in [-0.25, -0.2) is 0 Å². The SMILES string of the molecule is c1ccc2cc(-c3ccc(-c4ccc5ccc(N(c6cccc7ccccc67)c6cccc7sc8ccccc8c67)cc5c4)cc3)ccc2c1. The van der Waals surface area contributed by atoms with E-state index in [0.29, 0.717) is 0 Å². The van der Waals surface area contributed by atoms with Crippen LogP contribution in [0.3, 0.4) is 0 Å². The number of rotatable bonds is 5. The number of hydrogen-bond acceptors (Lipinski definition) is 2. The number of thiophene rings is 1. The Bertz CT molecular complexity index is 2870. The average molecular weight is 654 g/mol. The molecule has 234 valence electrons. The van der Waals surface area contributed by atoms with Gasteiger partial charge in [0, 0.05) is 31.2 Å². The fraction of sp³-hybridized carbons (Fsp3) is 0. The maximum Gasteiger partial charge on any atom is 0.0555 e. The van der Waals surface area contributed by atoms with E-state index in [0.717, 1.165) is 5.69 Å². The molecular weight excluding hydrogens is 623 g/mol. The van der Waals surface area contributed by atoms with Gasteiger partial charge in [0.25, 0.3) is 0 Å². The molecule has 50 heavy (non-hydrogen) atoms. The monoisotopic (exact) mass is 653 g/mol. The van der Waals surface area contributed by atoms with Gasteiger partial charge in [-0.2, -0.15) is 0 Å². The molecule has 0 saturated carbocycles. The molecule has 0 bridgehead atoms. The average Bonchev–Trinajstić information content (AvgIpc) is 3.57. The molecule has 1 nitrogen and oxygen atoms in total. The van der Waals surface area contributed by atoms with Gasteiger partial charge < -0.3 is 4.90 Å². The fourth-order valence-electron chi connectivity index (χ4n) is 7.53. The third kappa shape index (κ3) is 4.84. The highest BCUT2D eigenvalue weighted by Gasteiger charge is 2.20. The van der Waals surface area contributed by atoms with Crippen molar-refractivity contribution in [1.82, 2.24) is 0 Å². The second-order valence-electron chi connectivity index (χ2n) is 13.0. The van der Waals surface area contributed by atoms with Gasteiger partial charge in [-0.1, -0.05) is 140 Å². The summed E-state index contributed by atoms with van der Waals surface area (Å²) < 4.78 is 2.60. The Morgan fingerprint density at radius 3 is 1.66 bits per heavy atom. The minimum absolute atomic E-state index is 1.14. The van der Waals surface area contributed by atoms with Crippen molar-refractivity contribution in [3.8, 4) is 22.3 Å². The molecule has 1 heterocycles. The van der Waals surface area contributed by atoms with E-state index in [9.17, 15) is 0 Å². The molecule has 0 fully saturated rings. The summed E-state index contributed by atoms with van der Waals surface area (Å²) in [6.45, 7) is 0. The summed E-state index contributed by atoms with van der Waals surface area (Å²) in [5.74, 6) is 0. The summed E-state index contributed by atoms with van der Waals surface area (Å²) in [6, 6.07) is 68.8. The van der Waals surface area contributed by atoms with E-state index in [2.05, 4.69) is 193 Å². The van der Waals surface area contributed by atoms with Crippen LogP contribution >= 0.6 is 11.3 Å². The Morgan fingerprint density at radius 2 is 0.860 bits per heavy atom. The molecule has 9 aromatic carbocycles. The van der Waals surface area contributed by atoms with Crippen molar-refractivity contribution in [1.29, 1.82) is 0 Å². The third-order valence-corrected chi connectivity index (χ3v) is 11.1. The first-order chi connectivity index (χ1) is 24.8. The summed E-state index contributed by atoms with van der Waals surface area (Å²) in [6.07, 6.45) is 0.